The predicted octanol–water partition coefficient (Wildman–Crippen LogP) is 3.95. The van der Waals surface area contributed by atoms with Gasteiger partial charge in [0.15, 0.2) is 9.84 Å². The van der Waals surface area contributed by atoms with E-state index in [4.69, 9.17) is 0 Å². The SMILES string of the molecule is O=S(=O)(CCCc1ccccc1)NC[C@H](c1ccc(F)cc1)S(=O)(=O)c1cccs1. The van der Waals surface area contributed by atoms with Gasteiger partial charge in [-0.2, -0.15) is 0 Å². The third-order valence-corrected chi connectivity index (χ3v) is 9.57. The zero-order valence-corrected chi connectivity index (χ0v) is 18.5. The van der Waals surface area contributed by atoms with Crippen molar-refractivity contribution >= 4 is 31.2 Å². The van der Waals surface area contributed by atoms with Gasteiger partial charge in [0.05, 0.1) is 5.75 Å². The summed E-state index contributed by atoms with van der Waals surface area (Å²) in [6, 6.07) is 17.7. The summed E-state index contributed by atoms with van der Waals surface area (Å²) in [7, 11) is -7.52. The highest BCUT2D eigenvalue weighted by Gasteiger charge is 2.31. The van der Waals surface area contributed by atoms with Crippen LogP contribution in [0.2, 0.25) is 0 Å². The summed E-state index contributed by atoms with van der Waals surface area (Å²) >= 11 is 1.06. The lowest BCUT2D eigenvalue weighted by atomic mass is 10.1. The fourth-order valence-electron chi connectivity index (χ4n) is 3.04. The molecule has 0 aliphatic rings. The first-order chi connectivity index (χ1) is 14.3. The molecular weight excluding hydrogens is 445 g/mol. The van der Waals surface area contributed by atoms with E-state index < -0.39 is 30.9 Å². The molecule has 160 valence electrons. The molecule has 5 nitrogen and oxygen atoms in total. The van der Waals surface area contributed by atoms with Crippen molar-refractivity contribution in [1.82, 2.24) is 4.72 Å². The first kappa shape index (κ1) is 22.6. The summed E-state index contributed by atoms with van der Waals surface area (Å²) in [6.45, 7) is -0.320. The van der Waals surface area contributed by atoms with E-state index in [1.165, 1.54) is 30.3 Å². The van der Waals surface area contributed by atoms with E-state index in [0.29, 0.717) is 18.4 Å². The highest BCUT2D eigenvalue weighted by Crippen LogP contribution is 2.31. The molecule has 0 unspecified atom stereocenters. The molecule has 9 heteroatoms. The number of thiophene rings is 1. The number of aryl methyl sites for hydroxylation is 1. The van der Waals surface area contributed by atoms with Gasteiger partial charge in [-0.25, -0.2) is 25.9 Å². The Morgan fingerprint density at radius 2 is 1.60 bits per heavy atom. The number of rotatable bonds is 10. The topological polar surface area (TPSA) is 80.3 Å². The van der Waals surface area contributed by atoms with Gasteiger partial charge in [-0.05, 0) is 47.5 Å². The van der Waals surface area contributed by atoms with Crippen molar-refractivity contribution in [2.24, 2.45) is 0 Å². The average Bonchev–Trinajstić information content (AvgIpc) is 3.26. The third kappa shape index (κ3) is 5.98. The molecule has 0 aliphatic carbocycles. The maximum atomic E-state index is 13.3. The molecular formula is C21H22FNO4S3. The van der Waals surface area contributed by atoms with E-state index in [9.17, 15) is 21.2 Å². The summed E-state index contributed by atoms with van der Waals surface area (Å²) in [5.74, 6) is -0.607. The van der Waals surface area contributed by atoms with Crippen LogP contribution in [0.4, 0.5) is 4.39 Å². The summed E-state index contributed by atoms with van der Waals surface area (Å²) < 4.78 is 67.0. The Balaban J connectivity index is 1.72. The molecule has 1 aromatic heterocycles. The van der Waals surface area contributed by atoms with Crippen molar-refractivity contribution in [2.45, 2.75) is 22.3 Å². The minimum atomic E-state index is -3.84. The minimum absolute atomic E-state index is 0.114. The third-order valence-electron chi connectivity index (χ3n) is 4.60. The quantitative estimate of drug-likeness (QED) is 0.490. The van der Waals surface area contributed by atoms with Crippen LogP contribution in [0.1, 0.15) is 22.8 Å². The Morgan fingerprint density at radius 3 is 2.23 bits per heavy atom. The Bertz CT molecular complexity index is 1140. The van der Waals surface area contributed by atoms with Gasteiger partial charge in [0, 0.05) is 6.54 Å². The first-order valence-electron chi connectivity index (χ1n) is 9.32. The molecule has 0 amide bonds. The maximum Gasteiger partial charge on any atom is 0.211 e. The van der Waals surface area contributed by atoms with E-state index in [-0.39, 0.29) is 16.5 Å². The average molecular weight is 468 g/mol. The van der Waals surface area contributed by atoms with Crippen molar-refractivity contribution < 1.29 is 21.2 Å². The van der Waals surface area contributed by atoms with Crippen LogP contribution in [0.15, 0.2) is 76.3 Å². The van der Waals surface area contributed by atoms with Gasteiger partial charge in [-0.15, -0.1) is 11.3 Å². The second kappa shape index (κ2) is 9.82. The molecule has 30 heavy (non-hydrogen) atoms. The van der Waals surface area contributed by atoms with E-state index in [1.54, 1.807) is 11.4 Å². The highest BCUT2D eigenvalue weighted by atomic mass is 32.2. The molecule has 0 spiro atoms. The predicted molar refractivity (Wildman–Crippen MR) is 117 cm³/mol. The second-order valence-corrected chi connectivity index (χ2v) is 12.0. The van der Waals surface area contributed by atoms with Crippen molar-refractivity contribution in [2.75, 3.05) is 12.3 Å². The van der Waals surface area contributed by atoms with Crippen LogP contribution in [-0.4, -0.2) is 29.1 Å². The van der Waals surface area contributed by atoms with Gasteiger partial charge in [0.25, 0.3) is 0 Å². The van der Waals surface area contributed by atoms with Gasteiger partial charge in [0.1, 0.15) is 15.3 Å². The first-order valence-corrected chi connectivity index (χ1v) is 13.4. The molecule has 1 N–H and O–H groups in total. The van der Waals surface area contributed by atoms with Crippen LogP contribution in [0.3, 0.4) is 0 Å². The van der Waals surface area contributed by atoms with Crippen molar-refractivity contribution in [3.05, 3.63) is 89.1 Å². The molecule has 2 aromatic carbocycles. The number of sulfone groups is 1. The number of nitrogens with one attached hydrogen (secondary N) is 1. The van der Waals surface area contributed by atoms with E-state index in [0.717, 1.165) is 16.9 Å². The van der Waals surface area contributed by atoms with Gasteiger partial charge < -0.3 is 0 Å². The van der Waals surface area contributed by atoms with Crippen LogP contribution in [0, 0.1) is 5.82 Å². The molecule has 3 rings (SSSR count). The Morgan fingerprint density at radius 1 is 0.900 bits per heavy atom. The largest absolute Gasteiger partial charge is 0.222 e. The molecule has 1 heterocycles. The summed E-state index contributed by atoms with van der Waals surface area (Å²) in [6.07, 6.45) is 1.02. The lowest BCUT2D eigenvalue weighted by molar-refractivity contribution is 0.567. The molecule has 0 saturated heterocycles. The number of benzene rings is 2. The molecule has 1 atom stereocenters. The summed E-state index contributed by atoms with van der Waals surface area (Å²) in [5.41, 5.74) is 1.37. The molecule has 0 fully saturated rings. The fourth-order valence-corrected chi connectivity index (χ4v) is 7.10. The van der Waals surface area contributed by atoms with Crippen LogP contribution in [-0.2, 0) is 26.3 Å². The summed E-state index contributed by atoms with van der Waals surface area (Å²) in [4.78, 5) is 0. The number of hydrogen-bond acceptors (Lipinski definition) is 5. The van der Waals surface area contributed by atoms with Crippen LogP contribution in [0.25, 0.3) is 0 Å². The highest BCUT2D eigenvalue weighted by molar-refractivity contribution is 7.93. The second-order valence-electron chi connectivity index (χ2n) is 6.77. The standard InChI is InChI=1S/C21H22FNO4S3/c22-19-12-10-18(11-13-19)20(30(26,27)21-9-4-14-28-21)16-23-29(24,25)15-5-8-17-6-2-1-3-7-17/h1-4,6-7,9-14,20,23H,5,8,15-16H2/t20-/m1/s1. The lowest BCUT2D eigenvalue weighted by Gasteiger charge is -2.18. The number of hydrogen-bond donors (Lipinski definition) is 1. The van der Waals surface area contributed by atoms with Crippen molar-refractivity contribution in [3.63, 3.8) is 0 Å². The Hall–Kier alpha value is -2.07. The molecule has 0 radical (unpaired) electrons. The van der Waals surface area contributed by atoms with Gasteiger partial charge in [-0.1, -0.05) is 48.5 Å². The van der Waals surface area contributed by atoms with Crippen molar-refractivity contribution in [1.29, 1.82) is 0 Å². The van der Waals surface area contributed by atoms with E-state index in [1.807, 2.05) is 30.3 Å². The van der Waals surface area contributed by atoms with Gasteiger partial charge >= 0.3 is 0 Å². The molecule has 3 aromatic rings. The monoisotopic (exact) mass is 467 g/mol. The summed E-state index contributed by atoms with van der Waals surface area (Å²) in [5, 5.41) is 0.489. The molecule has 0 bridgehead atoms. The van der Waals surface area contributed by atoms with E-state index >= 15 is 0 Å². The molecule has 0 aliphatic heterocycles. The zero-order chi connectivity index (χ0) is 21.6. The normalized spacial score (nSPS) is 13.2. The van der Waals surface area contributed by atoms with Crippen LogP contribution < -0.4 is 4.72 Å². The molecule has 0 saturated carbocycles. The zero-order valence-electron chi connectivity index (χ0n) is 16.1. The van der Waals surface area contributed by atoms with Gasteiger partial charge in [0.2, 0.25) is 10.0 Å². The smallest absolute Gasteiger partial charge is 0.211 e. The Labute approximate surface area is 180 Å². The van der Waals surface area contributed by atoms with Crippen LogP contribution >= 0.6 is 11.3 Å². The van der Waals surface area contributed by atoms with Gasteiger partial charge in [-0.3, -0.25) is 0 Å². The van der Waals surface area contributed by atoms with E-state index in [2.05, 4.69) is 4.72 Å². The maximum absolute atomic E-state index is 13.3. The number of sulfonamides is 1. The minimum Gasteiger partial charge on any atom is -0.222 e. The Kier molecular flexibility index (Phi) is 7.41. The lowest BCUT2D eigenvalue weighted by Crippen LogP contribution is -2.33. The van der Waals surface area contributed by atoms with Crippen molar-refractivity contribution in [3.8, 4) is 0 Å². The van der Waals surface area contributed by atoms with Crippen LogP contribution in [0.5, 0.6) is 0 Å². The fraction of sp³-hybridized carbons (Fsp3) is 0.238. The number of halogens is 1.